The maximum atomic E-state index is 12.9. The van der Waals surface area contributed by atoms with Crippen molar-refractivity contribution in [3.8, 4) is 0 Å². The zero-order valence-electron chi connectivity index (χ0n) is 15.4. The zero-order chi connectivity index (χ0) is 21.0. The molecule has 3 amide bonds. The molecule has 5 nitrogen and oxygen atoms in total. The van der Waals surface area contributed by atoms with Crippen LogP contribution in [0, 0.1) is 0 Å². The predicted octanol–water partition coefficient (Wildman–Crippen LogP) is 4.80. The molecule has 0 unspecified atom stereocenters. The Hall–Kier alpha value is -2.74. The monoisotopic (exact) mass is 425 g/mol. The second-order valence-corrected chi connectivity index (χ2v) is 7.15. The third-order valence-electron chi connectivity index (χ3n) is 4.52. The van der Waals surface area contributed by atoms with Crippen LogP contribution in [0.3, 0.4) is 0 Å². The molecule has 0 radical (unpaired) electrons. The first kappa shape index (κ1) is 21.0. The molecular formula is C20H19ClF3N3O2. The molecule has 154 valence electrons. The molecular weight excluding hydrogens is 407 g/mol. The summed E-state index contributed by atoms with van der Waals surface area (Å²) in [5.41, 5.74) is 0.741. The second kappa shape index (κ2) is 8.73. The van der Waals surface area contributed by atoms with E-state index in [4.69, 9.17) is 11.6 Å². The van der Waals surface area contributed by atoms with Crippen LogP contribution in [0.5, 0.6) is 0 Å². The van der Waals surface area contributed by atoms with Crippen LogP contribution in [-0.2, 0) is 24.1 Å². The second-order valence-electron chi connectivity index (χ2n) is 6.74. The Morgan fingerprint density at radius 2 is 1.90 bits per heavy atom. The Morgan fingerprint density at radius 3 is 2.59 bits per heavy atom. The summed E-state index contributed by atoms with van der Waals surface area (Å²) in [6.45, 7) is 1.45. The lowest BCUT2D eigenvalue weighted by Gasteiger charge is -2.16. The fourth-order valence-electron chi connectivity index (χ4n) is 3.11. The molecule has 2 aromatic rings. The van der Waals surface area contributed by atoms with Crippen LogP contribution < -0.4 is 10.6 Å². The van der Waals surface area contributed by atoms with Gasteiger partial charge in [0.1, 0.15) is 0 Å². The highest BCUT2D eigenvalue weighted by atomic mass is 35.5. The number of urea groups is 1. The van der Waals surface area contributed by atoms with E-state index in [9.17, 15) is 22.8 Å². The molecule has 2 N–H and O–H groups in total. The van der Waals surface area contributed by atoms with Gasteiger partial charge in [0, 0.05) is 31.7 Å². The first-order valence-corrected chi connectivity index (χ1v) is 9.37. The summed E-state index contributed by atoms with van der Waals surface area (Å²) in [4.78, 5) is 25.6. The van der Waals surface area contributed by atoms with E-state index in [1.54, 1.807) is 4.90 Å². The van der Waals surface area contributed by atoms with Gasteiger partial charge in [0.25, 0.3) is 0 Å². The maximum absolute atomic E-state index is 12.9. The Morgan fingerprint density at radius 1 is 1.14 bits per heavy atom. The van der Waals surface area contributed by atoms with Crippen LogP contribution in [0.2, 0.25) is 5.02 Å². The van der Waals surface area contributed by atoms with E-state index in [1.165, 1.54) is 6.07 Å². The third-order valence-corrected chi connectivity index (χ3v) is 4.85. The highest BCUT2D eigenvalue weighted by Gasteiger charge is 2.33. The average Bonchev–Trinajstić information content (AvgIpc) is 3.06. The van der Waals surface area contributed by atoms with E-state index in [0.29, 0.717) is 13.0 Å². The minimum Gasteiger partial charge on any atom is -0.338 e. The predicted molar refractivity (Wildman–Crippen MR) is 103 cm³/mol. The number of benzene rings is 2. The van der Waals surface area contributed by atoms with Crippen LogP contribution in [-0.4, -0.2) is 23.4 Å². The molecule has 1 fully saturated rings. The zero-order valence-corrected chi connectivity index (χ0v) is 16.1. The number of amides is 3. The number of carbonyl (C=O) groups is 2. The van der Waals surface area contributed by atoms with Crippen molar-refractivity contribution in [3.05, 3.63) is 64.2 Å². The van der Waals surface area contributed by atoms with E-state index in [0.717, 1.165) is 36.2 Å². The Bertz CT molecular complexity index is 918. The minimum absolute atomic E-state index is 0.0134. The van der Waals surface area contributed by atoms with Crippen LogP contribution in [0.4, 0.5) is 23.7 Å². The number of rotatable bonds is 5. The number of halogens is 4. The molecule has 1 aliphatic rings. The summed E-state index contributed by atoms with van der Waals surface area (Å²) in [7, 11) is 0. The standard InChI is InChI=1S/C20H19ClF3N3O2/c21-17-7-6-15(10-16(17)20(22,23)24)26-19(29)25-11-13-3-1-4-14(9-13)12-27-8-2-5-18(27)28/h1,3-4,6-7,9-10H,2,5,8,11-12H2,(H2,25,26,29). The van der Waals surface area contributed by atoms with Crippen molar-refractivity contribution in [1.29, 1.82) is 0 Å². The molecule has 0 saturated carbocycles. The van der Waals surface area contributed by atoms with E-state index >= 15 is 0 Å². The Balaban J connectivity index is 1.57. The number of hydrogen-bond acceptors (Lipinski definition) is 2. The van der Waals surface area contributed by atoms with Crippen LogP contribution in [0.1, 0.15) is 29.5 Å². The number of nitrogens with zero attached hydrogens (tertiary/aromatic N) is 1. The summed E-state index contributed by atoms with van der Waals surface area (Å²) < 4.78 is 38.7. The lowest BCUT2D eigenvalue weighted by atomic mass is 10.1. The lowest BCUT2D eigenvalue weighted by molar-refractivity contribution is -0.137. The molecule has 0 bridgehead atoms. The summed E-state index contributed by atoms with van der Waals surface area (Å²) in [5.74, 6) is 0.133. The molecule has 1 aliphatic heterocycles. The fourth-order valence-corrected chi connectivity index (χ4v) is 3.33. The number of alkyl halides is 3. The van der Waals surface area contributed by atoms with Gasteiger partial charge in [-0.2, -0.15) is 13.2 Å². The summed E-state index contributed by atoms with van der Waals surface area (Å²) in [5, 5.41) is 4.54. The largest absolute Gasteiger partial charge is 0.417 e. The van der Waals surface area contributed by atoms with Crippen molar-refractivity contribution in [2.75, 3.05) is 11.9 Å². The molecule has 0 aliphatic carbocycles. The molecule has 3 rings (SSSR count). The molecule has 1 heterocycles. The van der Waals surface area contributed by atoms with Gasteiger partial charge in [0.15, 0.2) is 0 Å². The fraction of sp³-hybridized carbons (Fsp3) is 0.300. The van der Waals surface area contributed by atoms with Crippen molar-refractivity contribution >= 4 is 29.2 Å². The van der Waals surface area contributed by atoms with Gasteiger partial charge in [-0.15, -0.1) is 0 Å². The van der Waals surface area contributed by atoms with Crippen LogP contribution >= 0.6 is 11.6 Å². The lowest BCUT2D eigenvalue weighted by Crippen LogP contribution is -2.28. The number of carbonyl (C=O) groups excluding carboxylic acids is 2. The van der Waals surface area contributed by atoms with Gasteiger partial charge in [-0.05, 0) is 35.7 Å². The smallest absolute Gasteiger partial charge is 0.338 e. The number of likely N-dealkylation sites (tertiary alicyclic amines) is 1. The SMILES string of the molecule is O=C(NCc1cccc(CN2CCCC2=O)c1)Nc1ccc(Cl)c(C(F)(F)F)c1. The van der Waals surface area contributed by atoms with Gasteiger partial charge in [-0.3, -0.25) is 4.79 Å². The molecule has 0 atom stereocenters. The number of nitrogens with one attached hydrogen (secondary N) is 2. The topological polar surface area (TPSA) is 61.4 Å². The number of anilines is 1. The average molecular weight is 426 g/mol. The molecule has 0 aromatic heterocycles. The molecule has 9 heteroatoms. The maximum Gasteiger partial charge on any atom is 0.417 e. The summed E-state index contributed by atoms with van der Waals surface area (Å²) in [6.07, 6.45) is -3.18. The molecule has 29 heavy (non-hydrogen) atoms. The normalized spacial score (nSPS) is 14.2. The van der Waals surface area contributed by atoms with Gasteiger partial charge in [0.05, 0.1) is 10.6 Å². The van der Waals surface area contributed by atoms with Gasteiger partial charge < -0.3 is 15.5 Å². The first-order chi connectivity index (χ1) is 13.7. The van der Waals surface area contributed by atoms with E-state index in [1.807, 2.05) is 24.3 Å². The van der Waals surface area contributed by atoms with Gasteiger partial charge in [-0.25, -0.2) is 4.79 Å². The van der Waals surface area contributed by atoms with Crippen LogP contribution in [0.15, 0.2) is 42.5 Å². The summed E-state index contributed by atoms with van der Waals surface area (Å²) in [6, 6.07) is 9.97. The molecule has 2 aromatic carbocycles. The quantitative estimate of drug-likeness (QED) is 0.722. The third kappa shape index (κ3) is 5.63. The highest BCUT2D eigenvalue weighted by molar-refractivity contribution is 6.31. The highest BCUT2D eigenvalue weighted by Crippen LogP contribution is 2.36. The van der Waals surface area contributed by atoms with Crippen LogP contribution in [0.25, 0.3) is 0 Å². The Kier molecular flexibility index (Phi) is 6.32. The van der Waals surface area contributed by atoms with Crippen molar-refractivity contribution in [3.63, 3.8) is 0 Å². The number of hydrogen-bond donors (Lipinski definition) is 2. The minimum atomic E-state index is -4.61. The van der Waals surface area contributed by atoms with Crippen molar-refractivity contribution in [2.45, 2.75) is 32.1 Å². The Labute approximate surface area is 170 Å². The van der Waals surface area contributed by atoms with Gasteiger partial charge in [-0.1, -0.05) is 35.9 Å². The molecule has 1 saturated heterocycles. The van der Waals surface area contributed by atoms with E-state index in [2.05, 4.69) is 10.6 Å². The van der Waals surface area contributed by atoms with E-state index < -0.39 is 22.8 Å². The van der Waals surface area contributed by atoms with Gasteiger partial charge in [0.2, 0.25) is 5.91 Å². The van der Waals surface area contributed by atoms with Crippen molar-refractivity contribution in [2.24, 2.45) is 0 Å². The van der Waals surface area contributed by atoms with Crippen molar-refractivity contribution < 1.29 is 22.8 Å². The van der Waals surface area contributed by atoms with Gasteiger partial charge >= 0.3 is 12.2 Å². The summed E-state index contributed by atoms with van der Waals surface area (Å²) >= 11 is 5.57. The first-order valence-electron chi connectivity index (χ1n) is 8.99. The van der Waals surface area contributed by atoms with Crippen molar-refractivity contribution in [1.82, 2.24) is 10.2 Å². The molecule has 0 spiro atoms. The van der Waals surface area contributed by atoms with E-state index in [-0.39, 0.29) is 18.1 Å².